The third kappa shape index (κ3) is 2.68. The van der Waals surface area contributed by atoms with Gasteiger partial charge in [-0.1, -0.05) is 30.3 Å². The number of hydrogen-bond donors (Lipinski definition) is 2. The predicted octanol–water partition coefficient (Wildman–Crippen LogP) is 3.35. The van der Waals surface area contributed by atoms with Gasteiger partial charge < -0.3 is 15.3 Å². The van der Waals surface area contributed by atoms with E-state index in [1.54, 1.807) is 18.2 Å². The van der Waals surface area contributed by atoms with Gasteiger partial charge in [0.2, 0.25) is 0 Å². The number of aliphatic hydroxyl groups is 1. The van der Waals surface area contributed by atoms with Crippen molar-refractivity contribution in [3.63, 3.8) is 0 Å². The van der Waals surface area contributed by atoms with Crippen molar-refractivity contribution in [2.45, 2.75) is 12.0 Å². The molecule has 2 unspecified atom stereocenters. The lowest BCUT2D eigenvalue weighted by molar-refractivity contribution is 0.124. The first-order valence-electron chi connectivity index (χ1n) is 6.81. The van der Waals surface area contributed by atoms with E-state index in [-0.39, 0.29) is 12.4 Å². The van der Waals surface area contributed by atoms with E-state index in [1.807, 2.05) is 24.3 Å². The molecular formula is C17H16FNO2. The van der Waals surface area contributed by atoms with Gasteiger partial charge in [0.25, 0.3) is 0 Å². The average Bonchev–Trinajstić information content (AvgIpc) is 2.92. The minimum absolute atomic E-state index is 0.196. The van der Waals surface area contributed by atoms with Crippen molar-refractivity contribution in [3.8, 4) is 0 Å². The smallest absolute Gasteiger partial charge is 0.134 e. The SMILES string of the molecule is NCC(c1cccc(F)c1)C(O)c1cc2ccccc2o1. The Hall–Kier alpha value is -2.17. The van der Waals surface area contributed by atoms with Gasteiger partial charge in [-0.05, 0) is 29.8 Å². The molecule has 21 heavy (non-hydrogen) atoms. The maximum atomic E-state index is 13.4. The first kappa shape index (κ1) is 13.8. The molecule has 1 aromatic heterocycles. The average molecular weight is 285 g/mol. The molecule has 3 aromatic rings. The Morgan fingerprint density at radius 1 is 1.10 bits per heavy atom. The van der Waals surface area contributed by atoms with Crippen molar-refractivity contribution in [2.75, 3.05) is 6.54 Å². The number of halogens is 1. The molecule has 3 nitrogen and oxygen atoms in total. The number of aliphatic hydroxyl groups excluding tert-OH is 1. The Bertz CT molecular complexity index is 720. The summed E-state index contributed by atoms with van der Waals surface area (Å²) in [7, 11) is 0. The first-order chi connectivity index (χ1) is 10.2. The van der Waals surface area contributed by atoms with E-state index in [1.165, 1.54) is 12.1 Å². The van der Waals surface area contributed by atoms with E-state index in [0.29, 0.717) is 16.9 Å². The fourth-order valence-electron chi connectivity index (χ4n) is 2.53. The van der Waals surface area contributed by atoms with E-state index < -0.39 is 12.0 Å². The molecule has 0 fully saturated rings. The molecule has 0 aliphatic heterocycles. The molecule has 0 saturated carbocycles. The fourth-order valence-corrected chi connectivity index (χ4v) is 2.53. The van der Waals surface area contributed by atoms with Crippen LogP contribution in [0.4, 0.5) is 4.39 Å². The second-order valence-corrected chi connectivity index (χ2v) is 5.03. The number of fused-ring (bicyclic) bond motifs is 1. The van der Waals surface area contributed by atoms with Gasteiger partial charge in [0, 0.05) is 17.8 Å². The van der Waals surface area contributed by atoms with Gasteiger partial charge in [0.1, 0.15) is 23.3 Å². The summed E-state index contributed by atoms with van der Waals surface area (Å²) in [5.74, 6) is -0.320. The van der Waals surface area contributed by atoms with Crippen LogP contribution in [-0.4, -0.2) is 11.7 Å². The molecule has 0 spiro atoms. The summed E-state index contributed by atoms with van der Waals surface area (Å²) in [6.45, 7) is 0.196. The summed E-state index contributed by atoms with van der Waals surface area (Å²) < 4.78 is 19.0. The molecule has 0 bridgehead atoms. The van der Waals surface area contributed by atoms with Crippen LogP contribution in [0.3, 0.4) is 0 Å². The van der Waals surface area contributed by atoms with E-state index in [4.69, 9.17) is 10.2 Å². The Balaban J connectivity index is 1.96. The Labute approximate surface area is 121 Å². The van der Waals surface area contributed by atoms with Crippen LogP contribution < -0.4 is 5.73 Å². The molecule has 2 atom stereocenters. The molecule has 1 heterocycles. The molecule has 0 radical (unpaired) electrons. The third-order valence-corrected chi connectivity index (χ3v) is 3.65. The van der Waals surface area contributed by atoms with Gasteiger partial charge in [0.05, 0.1) is 0 Å². The van der Waals surface area contributed by atoms with Gasteiger partial charge in [-0.2, -0.15) is 0 Å². The minimum Gasteiger partial charge on any atom is -0.458 e. The summed E-state index contributed by atoms with van der Waals surface area (Å²) in [5, 5.41) is 11.4. The summed E-state index contributed by atoms with van der Waals surface area (Å²) in [4.78, 5) is 0. The summed E-state index contributed by atoms with van der Waals surface area (Å²) in [6, 6.07) is 15.4. The van der Waals surface area contributed by atoms with Crippen molar-refractivity contribution in [2.24, 2.45) is 5.73 Å². The van der Waals surface area contributed by atoms with Crippen molar-refractivity contribution >= 4 is 11.0 Å². The minimum atomic E-state index is -0.913. The highest BCUT2D eigenvalue weighted by Crippen LogP contribution is 2.33. The molecule has 4 heteroatoms. The molecule has 0 aliphatic rings. The van der Waals surface area contributed by atoms with Crippen LogP contribution in [0, 0.1) is 5.82 Å². The maximum Gasteiger partial charge on any atom is 0.134 e. The highest BCUT2D eigenvalue weighted by atomic mass is 19.1. The van der Waals surface area contributed by atoms with Crippen molar-refractivity contribution in [3.05, 3.63) is 71.7 Å². The van der Waals surface area contributed by atoms with Gasteiger partial charge in [-0.3, -0.25) is 0 Å². The molecule has 2 aromatic carbocycles. The van der Waals surface area contributed by atoms with Crippen LogP contribution in [0.25, 0.3) is 11.0 Å². The summed E-state index contributed by atoms with van der Waals surface area (Å²) in [5.41, 5.74) is 7.13. The van der Waals surface area contributed by atoms with Gasteiger partial charge >= 0.3 is 0 Å². The zero-order valence-electron chi connectivity index (χ0n) is 11.4. The molecule has 0 saturated heterocycles. The van der Waals surface area contributed by atoms with E-state index >= 15 is 0 Å². The lowest BCUT2D eigenvalue weighted by Gasteiger charge is -2.20. The largest absolute Gasteiger partial charge is 0.458 e. The lowest BCUT2D eigenvalue weighted by Crippen LogP contribution is -2.20. The molecular weight excluding hydrogens is 269 g/mol. The zero-order valence-corrected chi connectivity index (χ0v) is 11.4. The van der Waals surface area contributed by atoms with Crippen LogP contribution in [0.1, 0.15) is 23.3 Å². The second kappa shape index (κ2) is 5.68. The van der Waals surface area contributed by atoms with E-state index in [0.717, 1.165) is 5.39 Å². The van der Waals surface area contributed by atoms with E-state index in [2.05, 4.69) is 0 Å². The topological polar surface area (TPSA) is 59.4 Å². The molecule has 3 rings (SSSR count). The third-order valence-electron chi connectivity index (χ3n) is 3.65. The number of para-hydroxylation sites is 1. The molecule has 108 valence electrons. The quantitative estimate of drug-likeness (QED) is 0.773. The molecule has 3 N–H and O–H groups in total. The van der Waals surface area contributed by atoms with Crippen LogP contribution in [-0.2, 0) is 0 Å². The number of benzene rings is 2. The number of nitrogens with two attached hydrogens (primary N) is 1. The number of hydrogen-bond acceptors (Lipinski definition) is 3. The Morgan fingerprint density at radius 3 is 2.62 bits per heavy atom. The van der Waals surface area contributed by atoms with Crippen LogP contribution >= 0.6 is 0 Å². The summed E-state index contributed by atoms with van der Waals surface area (Å²) in [6.07, 6.45) is -0.913. The van der Waals surface area contributed by atoms with Crippen LogP contribution in [0.5, 0.6) is 0 Å². The normalized spacial score (nSPS) is 14.2. The van der Waals surface area contributed by atoms with E-state index in [9.17, 15) is 9.50 Å². The van der Waals surface area contributed by atoms with Gasteiger partial charge in [-0.15, -0.1) is 0 Å². The Morgan fingerprint density at radius 2 is 1.90 bits per heavy atom. The number of rotatable bonds is 4. The zero-order chi connectivity index (χ0) is 14.8. The van der Waals surface area contributed by atoms with Gasteiger partial charge in [-0.25, -0.2) is 4.39 Å². The van der Waals surface area contributed by atoms with Gasteiger partial charge in [0.15, 0.2) is 0 Å². The standard InChI is InChI=1S/C17H16FNO2/c18-13-6-3-5-11(8-13)14(10-19)17(20)16-9-12-4-1-2-7-15(12)21-16/h1-9,14,17,20H,10,19H2. The van der Waals surface area contributed by atoms with Crippen molar-refractivity contribution in [1.82, 2.24) is 0 Å². The summed E-state index contributed by atoms with van der Waals surface area (Å²) >= 11 is 0. The molecule has 0 amide bonds. The molecule has 0 aliphatic carbocycles. The monoisotopic (exact) mass is 285 g/mol. The van der Waals surface area contributed by atoms with Crippen molar-refractivity contribution < 1.29 is 13.9 Å². The maximum absolute atomic E-state index is 13.4. The lowest BCUT2D eigenvalue weighted by atomic mass is 9.92. The van der Waals surface area contributed by atoms with Crippen molar-refractivity contribution in [1.29, 1.82) is 0 Å². The van der Waals surface area contributed by atoms with Crippen LogP contribution in [0.2, 0.25) is 0 Å². The number of furan rings is 1. The fraction of sp³-hybridized carbons (Fsp3) is 0.176. The highest BCUT2D eigenvalue weighted by Gasteiger charge is 2.25. The Kier molecular flexibility index (Phi) is 3.73. The van der Waals surface area contributed by atoms with Crippen LogP contribution in [0.15, 0.2) is 59.0 Å². The first-order valence-corrected chi connectivity index (χ1v) is 6.81. The predicted molar refractivity (Wildman–Crippen MR) is 79.4 cm³/mol. The highest BCUT2D eigenvalue weighted by molar-refractivity contribution is 5.77. The second-order valence-electron chi connectivity index (χ2n) is 5.03.